The normalized spacial score (nSPS) is 11.0. The summed E-state index contributed by atoms with van der Waals surface area (Å²) in [7, 11) is 0. The first-order chi connectivity index (χ1) is 8.10. The fourth-order valence-electron chi connectivity index (χ4n) is 1.22. The van der Waals surface area contributed by atoms with Crippen molar-refractivity contribution in [2.75, 3.05) is 6.61 Å². The molecule has 1 aromatic carbocycles. The summed E-state index contributed by atoms with van der Waals surface area (Å²) < 4.78 is 4.73. The van der Waals surface area contributed by atoms with Crippen LogP contribution in [0.4, 0.5) is 5.69 Å². The van der Waals surface area contributed by atoms with Crippen LogP contribution in [-0.2, 0) is 9.53 Å². The molecule has 0 unspecified atom stereocenters. The third kappa shape index (κ3) is 3.04. The maximum Gasteiger partial charge on any atom is 0.341 e. The molecule has 1 aromatic rings. The van der Waals surface area contributed by atoms with Gasteiger partial charge in [0, 0.05) is 12.1 Å². The maximum absolute atomic E-state index is 11.4. The van der Waals surface area contributed by atoms with Crippen molar-refractivity contribution in [3.8, 4) is 0 Å². The second-order valence-corrected chi connectivity index (χ2v) is 3.07. The van der Waals surface area contributed by atoms with Gasteiger partial charge in [-0.2, -0.15) is 0 Å². The van der Waals surface area contributed by atoms with Crippen molar-refractivity contribution in [3.63, 3.8) is 0 Å². The number of esters is 1. The van der Waals surface area contributed by atoms with Crippen molar-refractivity contribution in [2.45, 2.75) is 6.92 Å². The van der Waals surface area contributed by atoms with Gasteiger partial charge in [-0.25, -0.2) is 4.79 Å². The average Bonchev–Trinajstić information content (AvgIpc) is 2.31. The maximum atomic E-state index is 11.4. The Balaban J connectivity index is 2.98. The van der Waals surface area contributed by atoms with Gasteiger partial charge in [-0.1, -0.05) is 0 Å². The molecule has 0 saturated heterocycles. The van der Waals surface area contributed by atoms with Gasteiger partial charge >= 0.3 is 5.97 Å². The van der Waals surface area contributed by atoms with E-state index in [4.69, 9.17) is 9.84 Å². The van der Waals surface area contributed by atoms with E-state index in [9.17, 15) is 14.9 Å². The summed E-state index contributed by atoms with van der Waals surface area (Å²) in [6.07, 6.45) is 0.624. The number of nitro groups is 1. The number of aliphatic hydroxyl groups excluding tert-OH is 1. The third-order valence-corrected chi connectivity index (χ3v) is 2.01. The molecule has 1 N–H and O–H groups in total. The molecule has 0 aliphatic heterocycles. The van der Waals surface area contributed by atoms with Crippen LogP contribution in [0.15, 0.2) is 30.5 Å². The molecule has 0 aromatic heterocycles. The van der Waals surface area contributed by atoms with Gasteiger partial charge in [-0.3, -0.25) is 10.1 Å². The molecule has 0 spiro atoms. The van der Waals surface area contributed by atoms with E-state index in [1.54, 1.807) is 6.92 Å². The lowest BCUT2D eigenvalue weighted by atomic mass is 10.1. The minimum absolute atomic E-state index is 0.0400. The van der Waals surface area contributed by atoms with E-state index in [-0.39, 0.29) is 17.9 Å². The Hall–Kier alpha value is -2.37. The molecule has 0 bridgehead atoms. The van der Waals surface area contributed by atoms with Gasteiger partial charge in [-0.05, 0) is 24.6 Å². The van der Waals surface area contributed by atoms with E-state index in [0.717, 1.165) is 0 Å². The van der Waals surface area contributed by atoms with Gasteiger partial charge in [0.1, 0.15) is 5.57 Å². The highest BCUT2D eigenvalue weighted by molar-refractivity contribution is 6.16. The smallest absolute Gasteiger partial charge is 0.341 e. The first-order valence-corrected chi connectivity index (χ1v) is 4.86. The first kappa shape index (κ1) is 12.7. The summed E-state index contributed by atoms with van der Waals surface area (Å²) in [5.74, 6) is -0.677. The van der Waals surface area contributed by atoms with Crippen molar-refractivity contribution in [3.05, 3.63) is 46.2 Å². The molecular formula is C11H11NO5. The van der Waals surface area contributed by atoms with Gasteiger partial charge in [0.2, 0.25) is 0 Å². The summed E-state index contributed by atoms with van der Waals surface area (Å²) in [6.45, 7) is 1.83. The lowest BCUT2D eigenvalue weighted by molar-refractivity contribution is -0.384. The highest BCUT2D eigenvalue weighted by atomic mass is 16.6. The van der Waals surface area contributed by atoms with Crippen molar-refractivity contribution in [1.82, 2.24) is 0 Å². The Labute approximate surface area is 97.3 Å². The minimum atomic E-state index is -0.677. The number of rotatable bonds is 4. The Morgan fingerprint density at radius 2 is 2.06 bits per heavy atom. The van der Waals surface area contributed by atoms with Crippen LogP contribution in [0.3, 0.4) is 0 Å². The number of aliphatic hydroxyl groups is 1. The summed E-state index contributed by atoms with van der Waals surface area (Å²) in [5.41, 5.74) is 0.230. The van der Waals surface area contributed by atoms with Crippen molar-refractivity contribution < 1.29 is 19.6 Å². The quantitative estimate of drug-likeness (QED) is 0.284. The molecular weight excluding hydrogens is 226 g/mol. The van der Waals surface area contributed by atoms with Crippen molar-refractivity contribution >= 4 is 17.2 Å². The first-order valence-electron chi connectivity index (χ1n) is 4.86. The summed E-state index contributed by atoms with van der Waals surface area (Å²) >= 11 is 0. The number of non-ortho nitro benzene ring substituents is 1. The molecule has 6 nitrogen and oxygen atoms in total. The topological polar surface area (TPSA) is 89.7 Å². The van der Waals surface area contributed by atoms with Crippen molar-refractivity contribution in [2.24, 2.45) is 0 Å². The summed E-state index contributed by atoms with van der Waals surface area (Å²) in [6, 6.07) is 5.24. The van der Waals surface area contributed by atoms with Crippen LogP contribution in [0.1, 0.15) is 12.5 Å². The fraction of sp³-hybridized carbons (Fsp3) is 0.182. The summed E-state index contributed by atoms with van der Waals surface area (Å²) in [5, 5.41) is 19.4. The highest BCUT2D eigenvalue weighted by Crippen LogP contribution is 2.19. The van der Waals surface area contributed by atoms with Crippen LogP contribution in [0, 0.1) is 10.1 Å². The van der Waals surface area contributed by atoms with E-state index in [1.807, 2.05) is 0 Å². The number of benzene rings is 1. The Kier molecular flexibility index (Phi) is 4.21. The largest absolute Gasteiger partial charge is 0.515 e. The molecule has 0 atom stereocenters. The van der Waals surface area contributed by atoms with Crippen LogP contribution in [0.5, 0.6) is 0 Å². The molecule has 6 heteroatoms. The molecule has 0 heterocycles. The predicted octanol–water partition coefficient (Wildman–Crippen LogP) is 2.06. The van der Waals surface area contributed by atoms with Gasteiger partial charge in [0.15, 0.2) is 0 Å². The fourth-order valence-corrected chi connectivity index (χ4v) is 1.22. The number of ether oxygens (including phenoxy) is 1. The predicted molar refractivity (Wildman–Crippen MR) is 60.3 cm³/mol. The zero-order chi connectivity index (χ0) is 12.8. The zero-order valence-electron chi connectivity index (χ0n) is 9.12. The van der Waals surface area contributed by atoms with Gasteiger partial charge in [-0.15, -0.1) is 0 Å². The molecule has 0 amide bonds. The van der Waals surface area contributed by atoms with Crippen LogP contribution in [0.25, 0.3) is 5.57 Å². The molecule has 17 heavy (non-hydrogen) atoms. The van der Waals surface area contributed by atoms with Gasteiger partial charge < -0.3 is 9.84 Å². The second-order valence-electron chi connectivity index (χ2n) is 3.07. The standard InChI is InChI=1S/C11H11NO5/c1-2-17-11(14)10(7-13)8-3-5-9(6-4-8)12(15)16/h3-7,13H,2H2,1H3/b10-7-. The Morgan fingerprint density at radius 3 is 2.47 bits per heavy atom. The van der Waals surface area contributed by atoms with E-state index in [2.05, 4.69) is 0 Å². The number of nitro benzene ring substituents is 1. The number of carbonyl (C=O) groups excluding carboxylic acids is 1. The number of hydrogen-bond acceptors (Lipinski definition) is 5. The Morgan fingerprint density at radius 1 is 1.47 bits per heavy atom. The van der Waals surface area contributed by atoms with E-state index in [0.29, 0.717) is 11.8 Å². The van der Waals surface area contributed by atoms with E-state index < -0.39 is 10.9 Å². The SMILES string of the molecule is CCOC(=O)/C(=C\O)c1ccc([N+](=O)[O-])cc1. The molecule has 90 valence electrons. The lowest BCUT2D eigenvalue weighted by Crippen LogP contribution is -2.07. The number of carbonyl (C=O) groups is 1. The molecule has 0 saturated carbocycles. The lowest BCUT2D eigenvalue weighted by Gasteiger charge is -2.05. The zero-order valence-corrected chi connectivity index (χ0v) is 9.12. The number of hydrogen-bond donors (Lipinski definition) is 1. The average molecular weight is 237 g/mol. The molecule has 1 rings (SSSR count). The van der Waals surface area contributed by atoms with Crippen LogP contribution >= 0.6 is 0 Å². The highest BCUT2D eigenvalue weighted by Gasteiger charge is 2.14. The van der Waals surface area contributed by atoms with E-state index in [1.165, 1.54) is 24.3 Å². The molecule has 0 radical (unpaired) electrons. The van der Waals surface area contributed by atoms with Gasteiger partial charge in [0.05, 0.1) is 17.8 Å². The second kappa shape index (κ2) is 5.64. The van der Waals surface area contributed by atoms with Crippen LogP contribution < -0.4 is 0 Å². The number of nitrogens with zero attached hydrogens (tertiary/aromatic N) is 1. The van der Waals surface area contributed by atoms with Crippen LogP contribution in [-0.4, -0.2) is 22.6 Å². The van der Waals surface area contributed by atoms with Crippen molar-refractivity contribution in [1.29, 1.82) is 0 Å². The molecule has 0 aliphatic rings. The third-order valence-electron chi connectivity index (χ3n) is 2.01. The molecule has 0 fully saturated rings. The van der Waals surface area contributed by atoms with E-state index >= 15 is 0 Å². The monoisotopic (exact) mass is 237 g/mol. The summed E-state index contributed by atoms with van der Waals surface area (Å²) in [4.78, 5) is 21.3. The molecule has 0 aliphatic carbocycles. The Bertz CT molecular complexity index is 449. The minimum Gasteiger partial charge on any atom is -0.515 e. The van der Waals surface area contributed by atoms with Gasteiger partial charge in [0.25, 0.3) is 5.69 Å². The van der Waals surface area contributed by atoms with Crippen LogP contribution in [0.2, 0.25) is 0 Å².